The first-order valence-electron chi connectivity index (χ1n) is 6.94. The topological polar surface area (TPSA) is 0 Å². The van der Waals surface area contributed by atoms with Crippen molar-refractivity contribution in [1.29, 1.82) is 0 Å². The number of rotatable bonds is 9. The van der Waals surface area contributed by atoms with Crippen LogP contribution in [0.3, 0.4) is 0 Å². The Morgan fingerprint density at radius 1 is 0.700 bits per heavy atom. The Labute approximate surface area is 128 Å². The van der Waals surface area contributed by atoms with Crippen LogP contribution in [0.5, 0.6) is 0 Å². The molecule has 0 spiro atoms. The molecular formula is C17H28Si3. The lowest BCUT2D eigenvalue weighted by Crippen LogP contribution is -2.24. The summed E-state index contributed by atoms with van der Waals surface area (Å²) in [6, 6.07) is 0. The summed E-state index contributed by atoms with van der Waals surface area (Å²) < 4.78 is 0. The molecule has 0 rings (SSSR count). The molecule has 0 fully saturated rings. The zero-order valence-corrected chi connectivity index (χ0v) is 16.3. The molecule has 0 saturated heterocycles. The van der Waals surface area contributed by atoms with Gasteiger partial charge < -0.3 is 0 Å². The molecule has 20 heavy (non-hydrogen) atoms. The molecule has 0 aromatic rings. The highest BCUT2D eigenvalue weighted by Crippen LogP contribution is 2.10. The van der Waals surface area contributed by atoms with Crippen LogP contribution >= 0.6 is 0 Å². The van der Waals surface area contributed by atoms with Crippen molar-refractivity contribution in [3.8, 4) is 0 Å². The van der Waals surface area contributed by atoms with Gasteiger partial charge in [0.25, 0.3) is 0 Å². The second-order valence-corrected chi connectivity index (χ2v) is 15.4. The van der Waals surface area contributed by atoms with Crippen molar-refractivity contribution in [1.82, 2.24) is 0 Å². The third-order valence-corrected chi connectivity index (χ3v) is 11.7. The number of hydrogen-bond acceptors (Lipinski definition) is 0. The van der Waals surface area contributed by atoms with Crippen LogP contribution in [0.15, 0.2) is 83.7 Å². The van der Waals surface area contributed by atoms with Crippen molar-refractivity contribution in [3.63, 3.8) is 0 Å². The third-order valence-electron chi connectivity index (χ3n) is 3.53. The van der Waals surface area contributed by atoms with Crippen LogP contribution in [0.4, 0.5) is 0 Å². The van der Waals surface area contributed by atoms with E-state index in [2.05, 4.69) is 104 Å². The molecule has 0 aromatic heterocycles. The SMILES string of the molecule is C=C[Si](C)(C=C)C=C[SiH](C=CC)C=C[Si](C)(C=C)C=C. The standard InChI is InChI=1S/C17H28Si3/c1-8-13-18(14-16-19(6,9-2)10-3)15-17-20(7,11-4)12-5/h8-18H,2-5H2,1,6-7H3. The van der Waals surface area contributed by atoms with Gasteiger partial charge in [-0.05, 0) is 6.92 Å². The van der Waals surface area contributed by atoms with Crippen molar-refractivity contribution in [3.05, 3.63) is 83.7 Å². The summed E-state index contributed by atoms with van der Waals surface area (Å²) in [5.74, 6) is 0. The molecule has 0 aliphatic carbocycles. The van der Waals surface area contributed by atoms with Crippen molar-refractivity contribution in [2.45, 2.75) is 20.0 Å². The summed E-state index contributed by atoms with van der Waals surface area (Å²) in [5, 5.41) is 0. The normalized spacial score (nSPS) is 14.8. The molecule has 0 radical (unpaired) electrons. The van der Waals surface area contributed by atoms with Gasteiger partial charge in [-0.1, -0.05) is 70.5 Å². The molecule has 0 N–H and O–H groups in total. The molecule has 0 nitrogen and oxygen atoms in total. The Morgan fingerprint density at radius 3 is 1.30 bits per heavy atom. The highest BCUT2D eigenvalue weighted by Gasteiger charge is 2.16. The monoisotopic (exact) mass is 316 g/mol. The Bertz CT molecular complexity index is 389. The first kappa shape index (κ1) is 18.8. The Hall–Kier alpha value is -1.17. The van der Waals surface area contributed by atoms with Crippen molar-refractivity contribution in [2.75, 3.05) is 0 Å². The summed E-state index contributed by atoms with van der Waals surface area (Å²) >= 11 is 0. The minimum Gasteiger partial charge on any atom is -0.106 e. The second kappa shape index (κ2) is 8.89. The maximum atomic E-state index is 3.94. The predicted molar refractivity (Wildman–Crippen MR) is 104 cm³/mol. The number of hydrogen-bond donors (Lipinski definition) is 0. The molecule has 0 aliphatic heterocycles. The molecule has 0 heterocycles. The lowest BCUT2D eigenvalue weighted by Gasteiger charge is -2.14. The maximum Gasteiger partial charge on any atom is 0.121 e. The zero-order chi connectivity index (χ0) is 15.6. The Morgan fingerprint density at radius 2 is 1.05 bits per heavy atom. The fraction of sp³-hybridized carbons (Fsp3) is 0.176. The van der Waals surface area contributed by atoms with Gasteiger partial charge in [-0.15, -0.1) is 26.3 Å². The van der Waals surface area contributed by atoms with E-state index >= 15 is 0 Å². The molecular weight excluding hydrogens is 288 g/mol. The van der Waals surface area contributed by atoms with E-state index in [9.17, 15) is 0 Å². The van der Waals surface area contributed by atoms with E-state index < -0.39 is 24.9 Å². The Balaban J connectivity index is 5.19. The van der Waals surface area contributed by atoms with Crippen LogP contribution < -0.4 is 0 Å². The van der Waals surface area contributed by atoms with Gasteiger partial charge in [-0.2, -0.15) is 0 Å². The van der Waals surface area contributed by atoms with Crippen molar-refractivity contribution >= 4 is 24.9 Å². The van der Waals surface area contributed by atoms with Gasteiger partial charge >= 0.3 is 0 Å². The van der Waals surface area contributed by atoms with Gasteiger partial charge in [0.15, 0.2) is 0 Å². The summed E-state index contributed by atoms with van der Waals surface area (Å²) in [4.78, 5) is 0. The van der Waals surface area contributed by atoms with Crippen LogP contribution in [0.2, 0.25) is 13.1 Å². The fourth-order valence-electron chi connectivity index (χ4n) is 1.49. The van der Waals surface area contributed by atoms with Crippen molar-refractivity contribution in [2.24, 2.45) is 0 Å². The maximum absolute atomic E-state index is 3.94. The molecule has 3 heteroatoms. The van der Waals surface area contributed by atoms with E-state index in [4.69, 9.17) is 0 Å². The molecule has 0 bridgehead atoms. The van der Waals surface area contributed by atoms with E-state index in [0.717, 1.165) is 0 Å². The zero-order valence-electron chi connectivity index (χ0n) is 13.2. The fourth-order valence-corrected chi connectivity index (χ4v) is 8.29. The minimum absolute atomic E-state index is 1.15. The summed E-state index contributed by atoms with van der Waals surface area (Å²) in [7, 11) is -4.34. The van der Waals surface area contributed by atoms with E-state index in [1.54, 1.807) is 0 Å². The van der Waals surface area contributed by atoms with E-state index in [0.29, 0.717) is 0 Å². The summed E-state index contributed by atoms with van der Waals surface area (Å²) in [5.41, 5.74) is 20.0. The van der Waals surface area contributed by atoms with Gasteiger partial charge in [0.1, 0.15) is 24.9 Å². The van der Waals surface area contributed by atoms with Crippen LogP contribution in [0.1, 0.15) is 6.92 Å². The third kappa shape index (κ3) is 6.32. The van der Waals surface area contributed by atoms with Gasteiger partial charge in [0.2, 0.25) is 0 Å². The summed E-state index contributed by atoms with van der Waals surface area (Å²) in [6.07, 6.45) is 2.15. The largest absolute Gasteiger partial charge is 0.121 e. The molecule has 108 valence electrons. The Kier molecular flexibility index (Phi) is 8.37. The lowest BCUT2D eigenvalue weighted by molar-refractivity contribution is 1.77. The second-order valence-electron chi connectivity index (χ2n) is 5.37. The van der Waals surface area contributed by atoms with Crippen LogP contribution in [0.25, 0.3) is 0 Å². The average molecular weight is 317 g/mol. The van der Waals surface area contributed by atoms with E-state index in [1.165, 1.54) is 0 Å². The van der Waals surface area contributed by atoms with Crippen LogP contribution in [0, 0.1) is 0 Å². The number of allylic oxidation sites excluding steroid dienone is 1. The average Bonchev–Trinajstić information content (AvgIpc) is 2.49. The smallest absolute Gasteiger partial charge is 0.106 e. The lowest BCUT2D eigenvalue weighted by atomic mass is 10.8. The quantitative estimate of drug-likeness (QED) is 0.543. The molecule has 0 unspecified atom stereocenters. The molecule has 0 aliphatic rings. The molecule has 0 amide bonds. The van der Waals surface area contributed by atoms with E-state index in [-0.39, 0.29) is 0 Å². The first-order chi connectivity index (χ1) is 9.38. The molecule has 0 aromatic carbocycles. The minimum atomic E-state index is -1.60. The predicted octanol–water partition coefficient (Wildman–Crippen LogP) is 4.66. The first-order valence-corrected chi connectivity index (χ1v) is 14.4. The van der Waals surface area contributed by atoms with Crippen LogP contribution in [-0.4, -0.2) is 24.9 Å². The highest BCUT2D eigenvalue weighted by molar-refractivity contribution is 6.94. The van der Waals surface area contributed by atoms with E-state index in [1.807, 2.05) is 0 Å². The van der Waals surface area contributed by atoms with Gasteiger partial charge in [-0.25, -0.2) is 0 Å². The molecule has 0 saturated carbocycles. The van der Waals surface area contributed by atoms with Crippen LogP contribution in [-0.2, 0) is 0 Å². The van der Waals surface area contributed by atoms with Gasteiger partial charge in [0.05, 0.1) is 0 Å². The summed E-state index contributed by atoms with van der Waals surface area (Å²) in [6.45, 7) is 22.3. The van der Waals surface area contributed by atoms with Crippen molar-refractivity contribution < 1.29 is 0 Å². The van der Waals surface area contributed by atoms with Gasteiger partial charge in [0, 0.05) is 0 Å². The van der Waals surface area contributed by atoms with Gasteiger partial charge in [-0.3, -0.25) is 0 Å². The highest BCUT2D eigenvalue weighted by atomic mass is 28.3. The molecule has 0 atom stereocenters.